The smallest absolute Gasteiger partial charge is 0.302 e. The maximum atomic E-state index is 12.4. The van der Waals surface area contributed by atoms with Crippen molar-refractivity contribution < 1.29 is 33.7 Å². The SMILES string of the molecule is CC(=O)OC1CC2(O)C(C)(C)CCC(OC(C)=O)C2(C)C2Cc3occc3C(C)(O)C12. The normalized spacial score (nSPS) is 43.2. The Balaban J connectivity index is 1.94. The van der Waals surface area contributed by atoms with Crippen LogP contribution in [-0.2, 0) is 31.1 Å². The summed E-state index contributed by atoms with van der Waals surface area (Å²) in [6.07, 6.45) is 2.23. The molecular weight excluding hydrogens is 400 g/mol. The predicted octanol–water partition coefficient (Wildman–Crippen LogP) is 3.10. The Kier molecular flexibility index (Phi) is 4.91. The van der Waals surface area contributed by atoms with E-state index in [2.05, 4.69) is 0 Å². The van der Waals surface area contributed by atoms with Crippen LogP contribution in [-0.4, -0.2) is 40.0 Å². The Labute approximate surface area is 183 Å². The van der Waals surface area contributed by atoms with Crippen LogP contribution in [0.25, 0.3) is 0 Å². The zero-order valence-corrected chi connectivity index (χ0v) is 19.2. The van der Waals surface area contributed by atoms with Gasteiger partial charge in [0.2, 0.25) is 0 Å². The number of carbonyl (C=O) groups excluding carboxylic acids is 2. The van der Waals surface area contributed by atoms with E-state index in [0.29, 0.717) is 30.6 Å². The summed E-state index contributed by atoms with van der Waals surface area (Å²) in [5, 5.41) is 24.1. The summed E-state index contributed by atoms with van der Waals surface area (Å²) in [5.74, 6) is -1.02. The summed E-state index contributed by atoms with van der Waals surface area (Å²) in [6.45, 7) is 10.4. The standard InChI is InChI=1S/C24H34O7/c1-13(25)30-18-12-24(28)21(3,4)9-7-19(31-14(2)26)22(24,5)16-11-17-15(8-10-29-17)23(6,27)20(16)18/h8,10,16,18-20,27-28H,7,9,11-12H2,1-6H3. The third kappa shape index (κ3) is 2.92. The molecular formula is C24H34O7. The van der Waals surface area contributed by atoms with Crippen LogP contribution in [0.15, 0.2) is 16.7 Å². The van der Waals surface area contributed by atoms with Gasteiger partial charge in [0, 0.05) is 43.6 Å². The second kappa shape index (κ2) is 6.82. The van der Waals surface area contributed by atoms with Gasteiger partial charge >= 0.3 is 11.9 Å². The van der Waals surface area contributed by atoms with Gasteiger partial charge in [-0.15, -0.1) is 0 Å². The summed E-state index contributed by atoms with van der Waals surface area (Å²) in [4.78, 5) is 24.0. The molecule has 172 valence electrons. The summed E-state index contributed by atoms with van der Waals surface area (Å²) < 4.78 is 17.3. The fourth-order valence-electron chi connectivity index (χ4n) is 7.22. The van der Waals surface area contributed by atoms with Crippen molar-refractivity contribution in [2.75, 3.05) is 0 Å². The lowest BCUT2D eigenvalue weighted by Gasteiger charge is -2.69. The number of ether oxygens (including phenoxy) is 2. The summed E-state index contributed by atoms with van der Waals surface area (Å²) in [5.41, 5.74) is -3.34. The average molecular weight is 435 g/mol. The predicted molar refractivity (Wildman–Crippen MR) is 111 cm³/mol. The van der Waals surface area contributed by atoms with Crippen molar-refractivity contribution in [2.45, 2.75) is 90.6 Å². The van der Waals surface area contributed by atoms with Crippen molar-refractivity contribution in [3.8, 4) is 0 Å². The summed E-state index contributed by atoms with van der Waals surface area (Å²) in [7, 11) is 0. The molecule has 2 N–H and O–H groups in total. The van der Waals surface area contributed by atoms with Crippen molar-refractivity contribution in [1.82, 2.24) is 0 Å². The van der Waals surface area contributed by atoms with Crippen LogP contribution in [0, 0.1) is 22.7 Å². The molecule has 0 aromatic carbocycles. The van der Waals surface area contributed by atoms with Gasteiger partial charge in [-0.05, 0) is 37.2 Å². The van der Waals surface area contributed by atoms with Crippen LogP contribution in [0.2, 0.25) is 0 Å². The van der Waals surface area contributed by atoms with Crippen LogP contribution in [0.5, 0.6) is 0 Å². The molecule has 31 heavy (non-hydrogen) atoms. The van der Waals surface area contributed by atoms with Crippen molar-refractivity contribution in [1.29, 1.82) is 0 Å². The molecule has 1 aromatic rings. The lowest BCUT2D eigenvalue weighted by atomic mass is 9.39. The highest BCUT2D eigenvalue weighted by atomic mass is 16.6. The minimum Gasteiger partial charge on any atom is -0.469 e. The van der Waals surface area contributed by atoms with Gasteiger partial charge in [0.1, 0.15) is 18.0 Å². The van der Waals surface area contributed by atoms with Gasteiger partial charge in [-0.2, -0.15) is 0 Å². The molecule has 2 saturated carbocycles. The fraction of sp³-hybridized carbons (Fsp3) is 0.750. The van der Waals surface area contributed by atoms with E-state index >= 15 is 0 Å². The van der Waals surface area contributed by atoms with Crippen LogP contribution >= 0.6 is 0 Å². The molecule has 1 heterocycles. The summed E-state index contributed by atoms with van der Waals surface area (Å²) in [6, 6.07) is 1.76. The van der Waals surface area contributed by atoms with Gasteiger partial charge in [0.05, 0.1) is 17.5 Å². The molecule has 2 fully saturated rings. The molecule has 3 aliphatic rings. The molecule has 4 rings (SSSR count). The number of furan rings is 1. The van der Waals surface area contributed by atoms with Crippen LogP contribution in [0.1, 0.15) is 72.1 Å². The minimum absolute atomic E-state index is 0.165. The number of fused-ring (bicyclic) bond motifs is 4. The molecule has 7 atom stereocenters. The third-order valence-electron chi connectivity index (χ3n) is 8.78. The molecule has 7 heteroatoms. The topological polar surface area (TPSA) is 106 Å². The van der Waals surface area contributed by atoms with E-state index in [4.69, 9.17) is 13.9 Å². The van der Waals surface area contributed by atoms with E-state index < -0.39 is 52.1 Å². The number of hydrogen-bond acceptors (Lipinski definition) is 7. The maximum absolute atomic E-state index is 12.4. The van der Waals surface area contributed by atoms with E-state index in [1.165, 1.54) is 13.8 Å². The first kappa shape index (κ1) is 22.3. The van der Waals surface area contributed by atoms with Gasteiger partial charge in [0.15, 0.2) is 0 Å². The van der Waals surface area contributed by atoms with Crippen LogP contribution in [0.4, 0.5) is 0 Å². The molecule has 0 saturated heterocycles. The third-order valence-corrected chi connectivity index (χ3v) is 8.78. The molecule has 7 unspecified atom stereocenters. The molecule has 0 bridgehead atoms. The van der Waals surface area contributed by atoms with Gasteiger partial charge in [-0.3, -0.25) is 9.59 Å². The van der Waals surface area contributed by atoms with Crippen molar-refractivity contribution in [2.24, 2.45) is 22.7 Å². The fourth-order valence-corrected chi connectivity index (χ4v) is 7.22. The minimum atomic E-state index is -1.34. The Hall–Kier alpha value is -1.86. The second-order valence-electron chi connectivity index (χ2n) is 10.8. The molecule has 0 radical (unpaired) electrons. The first-order chi connectivity index (χ1) is 14.3. The molecule has 3 aliphatic carbocycles. The first-order valence-electron chi connectivity index (χ1n) is 11.1. The van der Waals surface area contributed by atoms with E-state index in [1.807, 2.05) is 20.8 Å². The first-order valence-corrected chi connectivity index (χ1v) is 11.1. The number of hydrogen-bond donors (Lipinski definition) is 2. The zero-order chi connectivity index (χ0) is 23.0. The van der Waals surface area contributed by atoms with Crippen molar-refractivity contribution >= 4 is 11.9 Å². The number of aliphatic hydroxyl groups is 2. The largest absolute Gasteiger partial charge is 0.469 e. The Morgan fingerprint density at radius 1 is 1.10 bits per heavy atom. The van der Waals surface area contributed by atoms with E-state index in [9.17, 15) is 19.8 Å². The lowest BCUT2D eigenvalue weighted by Crippen LogP contribution is -2.75. The number of esters is 2. The number of rotatable bonds is 2. The zero-order valence-electron chi connectivity index (χ0n) is 19.2. The Morgan fingerprint density at radius 3 is 2.35 bits per heavy atom. The monoisotopic (exact) mass is 434 g/mol. The number of carbonyl (C=O) groups is 2. The molecule has 0 amide bonds. The highest BCUT2D eigenvalue weighted by Gasteiger charge is 2.73. The van der Waals surface area contributed by atoms with Gasteiger partial charge in [-0.25, -0.2) is 0 Å². The van der Waals surface area contributed by atoms with Gasteiger partial charge in [-0.1, -0.05) is 20.8 Å². The van der Waals surface area contributed by atoms with E-state index in [1.54, 1.807) is 19.3 Å². The van der Waals surface area contributed by atoms with Crippen LogP contribution < -0.4 is 0 Å². The highest BCUT2D eigenvalue weighted by molar-refractivity contribution is 5.67. The molecule has 0 aliphatic heterocycles. The Bertz CT molecular complexity index is 899. The highest BCUT2D eigenvalue weighted by Crippen LogP contribution is 2.68. The van der Waals surface area contributed by atoms with Gasteiger partial charge < -0.3 is 24.1 Å². The molecule has 7 nitrogen and oxygen atoms in total. The molecule has 0 spiro atoms. The Morgan fingerprint density at radius 2 is 1.74 bits per heavy atom. The average Bonchev–Trinajstić information content (AvgIpc) is 3.10. The lowest BCUT2D eigenvalue weighted by molar-refractivity contribution is -0.312. The van der Waals surface area contributed by atoms with E-state index in [0.717, 1.165) is 0 Å². The van der Waals surface area contributed by atoms with Crippen LogP contribution in [0.3, 0.4) is 0 Å². The van der Waals surface area contributed by atoms with Crippen molar-refractivity contribution in [3.05, 3.63) is 23.7 Å². The molecule has 1 aromatic heterocycles. The summed E-state index contributed by atoms with van der Waals surface area (Å²) >= 11 is 0. The maximum Gasteiger partial charge on any atom is 0.302 e. The van der Waals surface area contributed by atoms with E-state index in [-0.39, 0.29) is 12.3 Å². The quantitative estimate of drug-likeness (QED) is 0.689. The van der Waals surface area contributed by atoms with Gasteiger partial charge in [0.25, 0.3) is 0 Å². The second-order valence-corrected chi connectivity index (χ2v) is 10.8. The van der Waals surface area contributed by atoms with Crippen molar-refractivity contribution in [3.63, 3.8) is 0 Å².